The van der Waals surface area contributed by atoms with Gasteiger partial charge in [-0.2, -0.15) is 12.6 Å². The highest BCUT2D eigenvalue weighted by Gasteiger charge is 2.10. The van der Waals surface area contributed by atoms with Crippen LogP contribution < -0.4 is 0 Å². The van der Waals surface area contributed by atoms with Crippen molar-refractivity contribution in [2.45, 2.75) is 38.9 Å². The van der Waals surface area contributed by atoms with Gasteiger partial charge in [0, 0.05) is 12.2 Å². The maximum Gasteiger partial charge on any atom is 0.302 e. The molecule has 0 aromatic carbocycles. The molecule has 2 nitrogen and oxygen atoms in total. The molecule has 0 saturated heterocycles. The molecule has 0 bridgehead atoms. The van der Waals surface area contributed by atoms with Crippen LogP contribution in [-0.2, 0) is 9.53 Å². The Morgan fingerprint density at radius 2 is 2.17 bits per heavy atom. The number of thiol groups is 1. The summed E-state index contributed by atoms with van der Waals surface area (Å²) in [4.78, 5) is 10.4. The number of carbonyl (C=O) groups is 1. The second-order valence-electron chi connectivity index (χ2n) is 3.08. The molecule has 0 amide bonds. The highest BCUT2D eigenvalue weighted by molar-refractivity contribution is 7.81. The van der Waals surface area contributed by atoms with Gasteiger partial charge in [-0.15, -0.1) is 0 Å². The van der Waals surface area contributed by atoms with Crippen molar-refractivity contribution in [2.75, 3.05) is 6.61 Å². The molecule has 0 saturated carbocycles. The van der Waals surface area contributed by atoms with Crippen LogP contribution in [-0.4, -0.2) is 17.8 Å². The molecule has 0 aromatic heterocycles. The van der Waals surface area contributed by atoms with Crippen molar-refractivity contribution >= 4 is 18.6 Å². The summed E-state index contributed by atoms with van der Waals surface area (Å²) in [5.41, 5.74) is 0. The van der Waals surface area contributed by atoms with E-state index in [9.17, 15) is 4.79 Å². The lowest BCUT2D eigenvalue weighted by Crippen LogP contribution is -2.14. The maximum absolute atomic E-state index is 10.4. The fourth-order valence-electron chi connectivity index (χ4n) is 0.880. The van der Waals surface area contributed by atoms with Crippen LogP contribution in [0.25, 0.3) is 0 Å². The lowest BCUT2D eigenvalue weighted by Gasteiger charge is -2.16. The van der Waals surface area contributed by atoms with Gasteiger partial charge in [0.1, 0.15) is 0 Å². The van der Waals surface area contributed by atoms with Gasteiger partial charge in [-0.3, -0.25) is 4.79 Å². The molecule has 2 atom stereocenters. The van der Waals surface area contributed by atoms with E-state index in [2.05, 4.69) is 26.5 Å². The predicted molar refractivity (Wildman–Crippen MR) is 53.5 cm³/mol. The van der Waals surface area contributed by atoms with E-state index in [1.165, 1.54) is 6.92 Å². The number of ether oxygens (including phenoxy) is 1. The maximum atomic E-state index is 10.4. The van der Waals surface area contributed by atoms with Crippen LogP contribution in [0, 0.1) is 5.92 Å². The summed E-state index contributed by atoms with van der Waals surface area (Å²) < 4.78 is 4.82. The first kappa shape index (κ1) is 11.8. The zero-order chi connectivity index (χ0) is 9.56. The minimum absolute atomic E-state index is 0.209. The van der Waals surface area contributed by atoms with Gasteiger partial charge >= 0.3 is 5.97 Å². The Morgan fingerprint density at radius 3 is 2.58 bits per heavy atom. The Balaban J connectivity index is 3.43. The second kappa shape index (κ2) is 6.35. The molecule has 0 rings (SSSR count). The molecule has 0 spiro atoms. The number of esters is 1. The van der Waals surface area contributed by atoms with Gasteiger partial charge in [-0.25, -0.2) is 0 Å². The second-order valence-corrected chi connectivity index (χ2v) is 3.74. The molecule has 0 fully saturated rings. The fourth-order valence-corrected chi connectivity index (χ4v) is 1.20. The summed E-state index contributed by atoms with van der Waals surface area (Å²) in [5, 5.41) is 0.342. The van der Waals surface area contributed by atoms with E-state index in [0.29, 0.717) is 17.8 Å². The third-order valence-corrected chi connectivity index (χ3v) is 2.79. The largest absolute Gasteiger partial charge is 0.466 e. The van der Waals surface area contributed by atoms with Crippen LogP contribution >= 0.6 is 12.6 Å². The Labute approximate surface area is 80.1 Å². The average molecular weight is 190 g/mol. The van der Waals surface area contributed by atoms with Gasteiger partial charge in [0.05, 0.1) is 6.61 Å². The monoisotopic (exact) mass is 190 g/mol. The van der Waals surface area contributed by atoms with Gasteiger partial charge in [-0.1, -0.05) is 20.3 Å². The first-order valence-corrected chi connectivity index (χ1v) is 4.91. The highest BCUT2D eigenvalue weighted by Crippen LogP contribution is 2.16. The molecule has 0 radical (unpaired) electrons. The van der Waals surface area contributed by atoms with Gasteiger partial charge in [0.25, 0.3) is 0 Å². The standard InChI is InChI=1S/C9H18O2S/c1-4-7(2)9(12)5-6-11-8(3)10/h7,9,12H,4-6H2,1-3H3. The molecule has 0 aliphatic heterocycles. The van der Waals surface area contributed by atoms with Gasteiger partial charge < -0.3 is 4.74 Å². The summed E-state index contributed by atoms with van der Waals surface area (Å²) in [6.45, 7) is 6.22. The predicted octanol–water partition coefficient (Wildman–Crippen LogP) is 2.28. The zero-order valence-corrected chi connectivity index (χ0v) is 8.93. The van der Waals surface area contributed by atoms with Crippen molar-refractivity contribution in [3.8, 4) is 0 Å². The number of hydrogen-bond donors (Lipinski definition) is 1. The van der Waals surface area contributed by atoms with Crippen molar-refractivity contribution in [3.05, 3.63) is 0 Å². The molecule has 0 N–H and O–H groups in total. The molecule has 0 aromatic rings. The van der Waals surface area contributed by atoms with Crippen molar-refractivity contribution < 1.29 is 9.53 Å². The Hall–Kier alpha value is -0.180. The van der Waals surface area contributed by atoms with Crippen molar-refractivity contribution in [3.63, 3.8) is 0 Å². The minimum Gasteiger partial charge on any atom is -0.466 e. The highest BCUT2D eigenvalue weighted by atomic mass is 32.1. The topological polar surface area (TPSA) is 26.3 Å². The van der Waals surface area contributed by atoms with E-state index >= 15 is 0 Å². The molecule has 0 aliphatic rings. The first-order valence-electron chi connectivity index (χ1n) is 4.39. The molecule has 72 valence electrons. The van der Waals surface area contributed by atoms with Crippen molar-refractivity contribution in [1.29, 1.82) is 0 Å². The van der Waals surface area contributed by atoms with E-state index < -0.39 is 0 Å². The molecule has 0 aliphatic carbocycles. The normalized spacial score (nSPS) is 15.3. The minimum atomic E-state index is -0.209. The SMILES string of the molecule is CCC(C)C(S)CCOC(C)=O. The summed E-state index contributed by atoms with van der Waals surface area (Å²) >= 11 is 4.42. The Bertz CT molecular complexity index is 136. The van der Waals surface area contributed by atoms with E-state index in [1.807, 2.05) is 0 Å². The third-order valence-electron chi connectivity index (χ3n) is 2.02. The van der Waals surface area contributed by atoms with E-state index in [4.69, 9.17) is 4.74 Å². The van der Waals surface area contributed by atoms with Crippen molar-refractivity contribution in [1.82, 2.24) is 0 Å². The van der Waals surface area contributed by atoms with Crippen LogP contribution in [0.4, 0.5) is 0 Å². The van der Waals surface area contributed by atoms with Crippen LogP contribution in [0.2, 0.25) is 0 Å². The number of hydrogen-bond acceptors (Lipinski definition) is 3. The third kappa shape index (κ3) is 5.47. The summed E-state index contributed by atoms with van der Waals surface area (Å²) in [6, 6.07) is 0. The quantitative estimate of drug-likeness (QED) is 0.532. The molecule has 3 heteroatoms. The molecular formula is C9H18O2S. The van der Waals surface area contributed by atoms with E-state index in [0.717, 1.165) is 12.8 Å². The summed E-state index contributed by atoms with van der Waals surface area (Å²) in [7, 11) is 0. The van der Waals surface area contributed by atoms with Gasteiger partial charge in [-0.05, 0) is 12.3 Å². The Morgan fingerprint density at radius 1 is 1.58 bits per heavy atom. The zero-order valence-electron chi connectivity index (χ0n) is 8.04. The lowest BCUT2D eigenvalue weighted by atomic mass is 10.0. The number of carbonyl (C=O) groups excluding carboxylic acids is 1. The van der Waals surface area contributed by atoms with Crippen LogP contribution in [0.3, 0.4) is 0 Å². The van der Waals surface area contributed by atoms with E-state index in [1.54, 1.807) is 0 Å². The van der Waals surface area contributed by atoms with Gasteiger partial charge in [0.15, 0.2) is 0 Å². The van der Waals surface area contributed by atoms with Crippen LogP contribution in [0.5, 0.6) is 0 Å². The first-order chi connectivity index (χ1) is 5.57. The molecule has 12 heavy (non-hydrogen) atoms. The molecular weight excluding hydrogens is 172 g/mol. The average Bonchev–Trinajstić information content (AvgIpc) is 2.02. The smallest absolute Gasteiger partial charge is 0.302 e. The molecule has 0 heterocycles. The Kier molecular flexibility index (Phi) is 6.25. The van der Waals surface area contributed by atoms with Crippen LogP contribution in [0.1, 0.15) is 33.6 Å². The lowest BCUT2D eigenvalue weighted by molar-refractivity contribution is -0.141. The van der Waals surface area contributed by atoms with E-state index in [-0.39, 0.29) is 5.97 Å². The summed E-state index contributed by atoms with van der Waals surface area (Å²) in [5.74, 6) is 0.378. The van der Waals surface area contributed by atoms with Crippen molar-refractivity contribution in [2.24, 2.45) is 5.92 Å². The van der Waals surface area contributed by atoms with Gasteiger partial charge in [0.2, 0.25) is 0 Å². The van der Waals surface area contributed by atoms with Crippen LogP contribution in [0.15, 0.2) is 0 Å². The number of rotatable bonds is 5. The molecule has 2 unspecified atom stereocenters. The fraction of sp³-hybridized carbons (Fsp3) is 0.889. The summed E-state index contributed by atoms with van der Waals surface area (Å²) in [6.07, 6.45) is 1.96.